The fraction of sp³-hybridized carbons (Fsp3) is 0.773. The molecule has 0 aromatic heterocycles. The molecule has 0 rings (SSSR count). The van der Waals surface area contributed by atoms with Crippen molar-refractivity contribution in [3.8, 4) is 0 Å². The summed E-state index contributed by atoms with van der Waals surface area (Å²) in [4.78, 5) is 37.4. The predicted octanol–water partition coefficient (Wildman–Crippen LogP) is 11.3. The van der Waals surface area contributed by atoms with E-state index in [1.165, 1.54) is 77.0 Å². The Kier molecular flexibility index (Phi) is 35.2. The first-order chi connectivity index (χ1) is 26.0. The van der Waals surface area contributed by atoms with E-state index in [1.807, 2.05) is 21.1 Å². The van der Waals surface area contributed by atoms with Gasteiger partial charge in [0, 0.05) is 12.8 Å². The van der Waals surface area contributed by atoms with Crippen molar-refractivity contribution in [2.75, 3.05) is 47.5 Å². The zero-order valence-electron chi connectivity index (χ0n) is 35.2. The molecule has 0 aliphatic carbocycles. The van der Waals surface area contributed by atoms with Gasteiger partial charge in [-0.2, -0.15) is 0 Å². The molecule has 0 aromatic rings. The van der Waals surface area contributed by atoms with Crippen LogP contribution in [0.3, 0.4) is 0 Å². The highest BCUT2D eigenvalue weighted by Gasteiger charge is 2.21. The van der Waals surface area contributed by atoms with E-state index in [4.69, 9.17) is 18.5 Å². The molecule has 9 nitrogen and oxygen atoms in total. The smallest absolute Gasteiger partial charge is 0.306 e. The van der Waals surface area contributed by atoms with Crippen LogP contribution in [-0.4, -0.2) is 70.0 Å². The third-order valence-corrected chi connectivity index (χ3v) is 9.79. The van der Waals surface area contributed by atoms with Gasteiger partial charge in [0.1, 0.15) is 19.8 Å². The fourth-order valence-electron chi connectivity index (χ4n) is 5.42. The SMILES string of the molecule is CCCCCCCC/C=C\C/C=C\CCCCC(=O)OCC(COP(=O)([O-])OCC[N+](C)(C)C)OC(=O)CCCC/C=C\C/C=C\CCCCCCCC. The first-order valence-electron chi connectivity index (χ1n) is 21.3. The molecule has 0 radical (unpaired) electrons. The van der Waals surface area contributed by atoms with E-state index in [1.54, 1.807) is 0 Å². The van der Waals surface area contributed by atoms with E-state index in [-0.39, 0.29) is 26.1 Å². The monoisotopic (exact) mass is 782 g/mol. The molecule has 0 bridgehead atoms. The van der Waals surface area contributed by atoms with Gasteiger partial charge in [0.05, 0.1) is 27.7 Å². The normalized spacial score (nSPS) is 14.1. The van der Waals surface area contributed by atoms with E-state index in [0.29, 0.717) is 23.9 Å². The molecular formula is C44H80NO8P. The van der Waals surface area contributed by atoms with Crippen LogP contribution in [0.15, 0.2) is 48.6 Å². The van der Waals surface area contributed by atoms with Crippen LogP contribution in [0, 0.1) is 0 Å². The Hall–Kier alpha value is -2.03. The molecule has 54 heavy (non-hydrogen) atoms. The van der Waals surface area contributed by atoms with E-state index >= 15 is 0 Å². The second-order valence-electron chi connectivity index (χ2n) is 15.3. The van der Waals surface area contributed by atoms with Crippen molar-refractivity contribution in [1.82, 2.24) is 0 Å². The van der Waals surface area contributed by atoms with Crippen LogP contribution in [0.2, 0.25) is 0 Å². The van der Waals surface area contributed by atoms with Crippen LogP contribution < -0.4 is 4.89 Å². The number of ether oxygens (including phenoxy) is 2. The highest BCUT2D eigenvalue weighted by molar-refractivity contribution is 7.45. The number of unbranched alkanes of at least 4 members (excludes halogenated alkanes) is 16. The van der Waals surface area contributed by atoms with Gasteiger partial charge < -0.3 is 27.9 Å². The zero-order chi connectivity index (χ0) is 40.0. The third kappa shape index (κ3) is 39.7. The zero-order valence-corrected chi connectivity index (χ0v) is 36.0. The van der Waals surface area contributed by atoms with Crippen molar-refractivity contribution >= 4 is 19.8 Å². The molecule has 0 aliphatic rings. The van der Waals surface area contributed by atoms with E-state index in [9.17, 15) is 19.0 Å². The average Bonchev–Trinajstić information content (AvgIpc) is 3.12. The second kappa shape index (κ2) is 36.6. The van der Waals surface area contributed by atoms with E-state index < -0.39 is 32.5 Å². The summed E-state index contributed by atoms with van der Waals surface area (Å²) < 4.78 is 33.8. The number of phosphoric ester groups is 1. The van der Waals surface area contributed by atoms with Gasteiger partial charge in [0.25, 0.3) is 7.82 Å². The maximum Gasteiger partial charge on any atom is 0.306 e. The second-order valence-corrected chi connectivity index (χ2v) is 16.8. The summed E-state index contributed by atoms with van der Waals surface area (Å²) >= 11 is 0. The number of esters is 2. The summed E-state index contributed by atoms with van der Waals surface area (Å²) in [5.74, 6) is -0.914. The minimum Gasteiger partial charge on any atom is -0.756 e. The Bertz CT molecular complexity index is 1070. The largest absolute Gasteiger partial charge is 0.756 e. The summed E-state index contributed by atoms with van der Waals surface area (Å²) in [6.07, 6.45) is 41.4. The Morgan fingerprint density at radius 2 is 1.00 bits per heavy atom. The number of likely N-dealkylation sites (N-methyl/N-ethyl adjacent to an activating group) is 1. The number of hydrogen-bond acceptors (Lipinski definition) is 8. The van der Waals surface area contributed by atoms with Gasteiger partial charge in [-0.1, -0.05) is 127 Å². The molecule has 0 N–H and O–H groups in total. The highest BCUT2D eigenvalue weighted by atomic mass is 31.2. The van der Waals surface area contributed by atoms with E-state index in [0.717, 1.165) is 51.4 Å². The lowest BCUT2D eigenvalue weighted by Crippen LogP contribution is -2.37. The Labute approximate surface area is 331 Å². The first-order valence-corrected chi connectivity index (χ1v) is 22.8. The summed E-state index contributed by atoms with van der Waals surface area (Å²) in [6.45, 7) is 4.12. The van der Waals surface area contributed by atoms with Crippen molar-refractivity contribution in [1.29, 1.82) is 0 Å². The molecule has 10 heteroatoms. The van der Waals surface area contributed by atoms with Crippen LogP contribution in [-0.2, 0) is 32.7 Å². The number of nitrogens with zero attached hydrogens (tertiary/aromatic N) is 1. The third-order valence-electron chi connectivity index (χ3n) is 8.82. The quantitative estimate of drug-likeness (QED) is 0.0200. The van der Waals surface area contributed by atoms with Gasteiger partial charge in [-0.15, -0.1) is 0 Å². The molecule has 0 heterocycles. The Balaban J connectivity index is 4.50. The molecular weight excluding hydrogens is 701 g/mol. The highest BCUT2D eigenvalue weighted by Crippen LogP contribution is 2.38. The lowest BCUT2D eigenvalue weighted by molar-refractivity contribution is -0.870. The van der Waals surface area contributed by atoms with Crippen LogP contribution in [0.25, 0.3) is 0 Å². The average molecular weight is 782 g/mol. The number of hydrogen-bond donors (Lipinski definition) is 0. The van der Waals surface area contributed by atoms with Gasteiger partial charge in [-0.3, -0.25) is 14.2 Å². The summed E-state index contributed by atoms with van der Waals surface area (Å²) in [5, 5.41) is 0. The Morgan fingerprint density at radius 3 is 1.46 bits per heavy atom. The molecule has 2 unspecified atom stereocenters. The molecule has 0 spiro atoms. The Morgan fingerprint density at radius 1 is 0.574 bits per heavy atom. The summed E-state index contributed by atoms with van der Waals surface area (Å²) in [7, 11) is 1.12. The number of phosphoric acid groups is 1. The minimum atomic E-state index is -4.64. The van der Waals surface area contributed by atoms with Crippen molar-refractivity contribution in [3.05, 3.63) is 48.6 Å². The van der Waals surface area contributed by atoms with Crippen molar-refractivity contribution in [2.24, 2.45) is 0 Å². The molecule has 314 valence electrons. The number of carbonyl (C=O) groups excluding carboxylic acids is 2. The molecule has 2 atom stereocenters. The van der Waals surface area contributed by atoms with Gasteiger partial charge in [0.2, 0.25) is 0 Å². The molecule has 0 amide bonds. The molecule has 0 saturated carbocycles. The van der Waals surface area contributed by atoms with Gasteiger partial charge in [-0.25, -0.2) is 0 Å². The van der Waals surface area contributed by atoms with Gasteiger partial charge >= 0.3 is 11.9 Å². The van der Waals surface area contributed by atoms with Gasteiger partial charge in [-0.05, 0) is 77.0 Å². The predicted molar refractivity (Wildman–Crippen MR) is 222 cm³/mol. The first kappa shape index (κ1) is 52.0. The fourth-order valence-corrected chi connectivity index (χ4v) is 6.15. The molecule has 0 fully saturated rings. The van der Waals surface area contributed by atoms with Crippen molar-refractivity contribution in [3.63, 3.8) is 0 Å². The summed E-state index contributed by atoms with van der Waals surface area (Å²) in [6, 6.07) is 0. The van der Waals surface area contributed by atoms with Crippen molar-refractivity contribution in [2.45, 2.75) is 174 Å². The van der Waals surface area contributed by atoms with Crippen LogP contribution >= 0.6 is 7.82 Å². The van der Waals surface area contributed by atoms with Crippen LogP contribution in [0.5, 0.6) is 0 Å². The maximum absolute atomic E-state index is 12.6. The molecule has 0 aliphatic heterocycles. The van der Waals surface area contributed by atoms with Crippen LogP contribution in [0.4, 0.5) is 0 Å². The standard InChI is InChI=1S/C44H80NO8P/c1-6-8-10-12-14-16-18-20-22-24-26-28-30-32-34-36-43(46)50-40-42(41-52-54(48,49)51-39-38-45(3,4)5)53-44(47)37-35-33-31-29-27-25-23-21-19-17-15-13-11-9-7-2/h20-23,26-29,42H,6-19,24-25,30-41H2,1-5H3/b22-20-,23-21-,28-26-,29-27-. The molecule has 0 aromatic carbocycles. The minimum absolute atomic E-state index is 0.0429. The van der Waals surface area contributed by atoms with Gasteiger partial charge in [0.15, 0.2) is 6.10 Å². The lowest BCUT2D eigenvalue weighted by atomic mass is 10.1. The molecule has 0 saturated heterocycles. The topological polar surface area (TPSA) is 111 Å². The number of allylic oxidation sites excluding steroid dienone is 8. The lowest BCUT2D eigenvalue weighted by Gasteiger charge is -2.28. The summed E-state index contributed by atoms with van der Waals surface area (Å²) in [5.41, 5.74) is 0. The number of carbonyl (C=O) groups is 2. The number of quaternary nitrogens is 1. The maximum atomic E-state index is 12.6. The van der Waals surface area contributed by atoms with Crippen LogP contribution in [0.1, 0.15) is 168 Å². The number of rotatable bonds is 38. The van der Waals surface area contributed by atoms with E-state index in [2.05, 4.69) is 62.5 Å². The van der Waals surface area contributed by atoms with Crippen molar-refractivity contribution < 1.29 is 42.1 Å².